The summed E-state index contributed by atoms with van der Waals surface area (Å²) in [6, 6.07) is 20.8. The lowest BCUT2D eigenvalue weighted by molar-refractivity contribution is -0.432. The van der Waals surface area contributed by atoms with E-state index in [1.807, 2.05) is 0 Å². The number of sulfone groups is 1. The van der Waals surface area contributed by atoms with Gasteiger partial charge in [-0.25, -0.2) is 33.6 Å². The number of nitrogens with zero attached hydrogens (tertiary/aromatic N) is 8. The lowest BCUT2D eigenvalue weighted by Gasteiger charge is -2.22. The summed E-state index contributed by atoms with van der Waals surface area (Å²) in [6.45, 7) is 1.03. The molecule has 1 heterocycles. The van der Waals surface area contributed by atoms with Gasteiger partial charge in [0.1, 0.15) is 11.4 Å². The molecule has 0 saturated carbocycles. The maximum absolute atomic E-state index is 13.0. The van der Waals surface area contributed by atoms with Gasteiger partial charge in [-0.1, -0.05) is 26.2 Å². The van der Waals surface area contributed by atoms with Crippen molar-refractivity contribution in [3.63, 3.8) is 0 Å². The standard InChI is InChI=1S/C35H30ClN9O19S6/c1-2-45(21-4-3-5-23(17-21)69(51,52)15-14-56-70(53,54)55)35-39-33(36)38-34(40-35)37-27-13-11-24-25(32(27)68-64-60-50)18-29(67-63-59-49)30(31(24)46)44-43-26-12-8-20(16-28(26)66-62-58-48)42-41-19-6-9-22(10-7-19)65-61-57-47/h3-13,16-18,46-50H,2,14-15H2,1H3,(H,53,54,55)(H,37,38,39,40). The summed E-state index contributed by atoms with van der Waals surface area (Å²) >= 11 is 8.48. The second-order valence-corrected chi connectivity index (χ2v) is 19.2. The molecule has 35 heteroatoms. The van der Waals surface area contributed by atoms with Crippen molar-refractivity contribution >= 4 is 137 Å². The molecule has 0 aliphatic rings. The molecule has 0 atom stereocenters. The van der Waals surface area contributed by atoms with Gasteiger partial charge in [0.15, 0.2) is 15.6 Å². The Hall–Kier alpha value is -5.00. The van der Waals surface area contributed by atoms with Gasteiger partial charge in [-0.3, -0.25) is 4.55 Å². The lowest BCUT2D eigenvalue weighted by Crippen LogP contribution is -2.21. The number of azo groups is 2. The zero-order chi connectivity index (χ0) is 50.3. The minimum Gasteiger partial charge on any atom is -0.505 e. The van der Waals surface area contributed by atoms with Gasteiger partial charge < -0.3 is 15.3 Å². The first-order valence-corrected chi connectivity index (χ1v) is 24.9. The molecule has 0 fully saturated rings. The Morgan fingerprint density at radius 3 is 2.09 bits per heavy atom. The molecule has 6 aromatic rings. The summed E-state index contributed by atoms with van der Waals surface area (Å²) in [4.78, 5) is 14.9. The summed E-state index contributed by atoms with van der Waals surface area (Å²) < 4.78 is 79.4. The Morgan fingerprint density at radius 2 is 1.39 bits per heavy atom. The van der Waals surface area contributed by atoms with E-state index in [0.717, 1.165) is 12.0 Å². The molecular weight excluding hydrogens is 1080 g/mol. The third-order valence-electron chi connectivity index (χ3n) is 8.59. The van der Waals surface area contributed by atoms with Crippen LogP contribution in [0, 0.1) is 0 Å². The SMILES string of the molecule is CCN(c1cccc(S(=O)(=O)CCOS(=O)(=O)O)c1)c1nc(Cl)nc(Nc2ccc3c(O)c(N=Nc4ccc(N=Nc5ccc(SOOO)cc5)cc4SOOO)c(SOOO)cc3c2SOOO)n1. The summed E-state index contributed by atoms with van der Waals surface area (Å²) in [5.74, 6) is -1.51. The Morgan fingerprint density at radius 1 is 0.714 bits per heavy atom. The molecule has 0 spiro atoms. The third-order valence-corrected chi connectivity index (χ3v) is 13.5. The van der Waals surface area contributed by atoms with Gasteiger partial charge in [0.05, 0.1) is 97.2 Å². The highest BCUT2D eigenvalue weighted by Gasteiger charge is 2.23. The van der Waals surface area contributed by atoms with E-state index < -0.39 is 38.3 Å². The first-order chi connectivity index (χ1) is 33.7. The summed E-state index contributed by atoms with van der Waals surface area (Å²) in [5.41, 5.74) is 1.05. The Bertz CT molecular complexity index is 3060. The van der Waals surface area contributed by atoms with E-state index in [-0.39, 0.29) is 76.8 Å². The molecule has 1 aromatic heterocycles. The summed E-state index contributed by atoms with van der Waals surface area (Å²) in [7, 11) is -8.99. The molecule has 0 aliphatic carbocycles. The number of rotatable bonds is 26. The highest BCUT2D eigenvalue weighted by atomic mass is 35.5. The van der Waals surface area contributed by atoms with Crippen LogP contribution < -0.4 is 10.2 Å². The number of aromatic nitrogens is 3. The molecule has 0 radical (unpaired) electrons. The van der Waals surface area contributed by atoms with Crippen LogP contribution in [0.4, 0.5) is 46.0 Å². The van der Waals surface area contributed by atoms with Crippen molar-refractivity contribution in [3.05, 3.63) is 90.2 Å². The minimum atomic E-state index is -4.87. The number of anilines is 4. The molecule has 0 unspecified atom stereocenters. The van der Waals surface area contributed by atoms with Crippen molar-refractivity contribution in [2.75, 3.05) is 29.1 Å². The van der Waals surface area contributed by atoms with Crippen molar-refractivity contribution in [1.29, 1.82) is 0 Å². The van der Waals surface area contributed by atoms with Gasteiger partial charge >= 0.3 is 10.4 Å². The van der Waals surface area contributed by atoms with Crippen LogP contribution in [0.25, 0.3) is 10.8 Å². The fraction of sp³-hybridized carbons (Fsp3) is 0.114. The van der Waals surface area contributed by atoms with Crippen LogP contribution in [-0.4, -0.2) is 81.4 Å². The molecular formula is C35H30ClN9O19S6. The number of hydrogen-bond acceptors (Lipinski definition) is 31. The van der Waals surface area contributed by atoms with Gasteiger partial charge in [-0.15, -0.1) is 27.6 Å². The molecule has 372 valence electrons. The maximum Gasteiger partial charge on any atom is 0.397 e. The average Bonchev–Trinajstić information content (AvgIpc) is 3.33. The monoisotopic (exact) mass is 1110 g/mol. The molecule has 6 rings (SSSR count). The number of halogens is 1. The quantitative estimate of drug-likeness (QED) is 0.00872. The summed E-state index contributed by atoms with van der Waals surface area (Å²) in [5, 5.41) is 81.9. The van der Waals surface area contributed by atoms with Crippen LogP contribution in [0.5, 0.6) is 5.75 Å². The Balaban J connectivity index is 1.32. The Kier molecular flexibility index (Phi) is 20.1. The number of aromatic hydroxyl groups is 1. The second kappa shape index (κ2) is 25.9. The number of fused-ring (bicyclic) bond motifs is 1. The van der Waals surface area contributed by atoms with Crippen LogP contribution in [0.1, 0.15) is 6.92 Å². The van der Waals surface area contributed by atoms with E-state index in [9.17, 15) is 21.9 Å². The molecule has 0 bridgehead atoms. The zero-order valence-corrected chi connectivity index (χ0v) is 40.3. The fourth-order valence-corrected chi connectivity index (χ4v) is 9.29. The van der Waals surface area contributed by atoms with Crippen LogP contribution in [-0.2, 0) is 61.9 Å². The molecule has 0 amide bonds. The van der Waals surface area contributed by atoms with Crippen LogP contribution >= 0.6 is 59.8 Å². The van der Waals surface area contributed by atoms with Crippen LogP contribution in [0.3, 0.4) is 0 Å². The first kappa shape index (κ1) is 54.3. The minimum absolute atomic E-state index is 0.0274. The zero-order valence-electron chi connectivity index (χ0n) is 34.6. The van der Waals surface area contributed by atoms with E-state index in [2.05, 4.69) is 73.7 Å². The van der Waals surface area contributed by atoms with Gasteiger partial charge in [-0.05, 0) is 97.4 Å². The fourth-order valence-electron chi connectivity index (χ4n) is 5.74. The number of nitrogens with one attached hydrogen (secondary N) is 1. The molecule has 0 saturated heterocycles. The molecule has 5 aromatic carbocycles. The molecule has 28 nitrogen and oxygen atoms in total. The topological polar surface area (TPSA) is 376 Å². The molecule has 0 aliphatic heterocycles. The Labute approximate surface area is 415 Å². The number of phenols is 1. The lowest BCUT2D eigenvalue weighted by atomic mass is 10.1. The number of benzene rings is 5. The highest BCUT2D eigenvalue weighted by Crippen LogP contribution is 2.49. The number of phenolic OH excluding ortho intramolecular Hbond substituents is 1. The second-order valence-electron chi connectivity index (χ2n) is 12.7. The predicted octanol–water partition coefficient (Wildman–Crippen LogP) is 10.4. The summed E-state index contributed by atoms with van der Waals surface area (Å²) in [6.07, 6.45) is 0. The van der Waals surface area contributed by atoms with Crippen molar-refractivity contribution in [2.45, 2.75) is 31.4 Å². The van der Waals surface area contributed by atoms with Crippen LogP contribution in [0.15, 0.2) is 130 Å². The van der Waals surface area contributed by atoms with E-state index in [1.54, 1.807) is 37.3 Å². The van der Waals surface area contributed by atoms with Gasteiger partial charge in [-0.2, -0.15) is 33.6 Å². The maximum atomic E-state index is 13.0. The molecule has 7 N–H and O–H groups in total. The van der Waals surface area contributed by atoms with Crippen molar-refractivity contribution < 1.29 is 89.2 Å². The molecule has 70 heavy (non-hydrogen) atoms. The third kappa shape index (κ3) is 15.0. The average molecular weight is 1110 g/mol. The van der Waals surface area contributed by atoms with Crippen molar-refractivity contribution in [1.82, 2.24) is 15.0 Å². The van der Waals surface area contributed by atoms with E-state index in [0.29, 0.717) is 52.4 Å². The first-order valence-electron chi connectivity index (χ1n) is 18.6. The van der Waals surface area contributed by atoms with E-state index >= 15 is 0 Å². The van der Waals surface area contributed by atoms with Crippen molar-refractivity contribution in [3.8, 4) is 5.75 Å². The predicted molar refractivity (Wildman–Crippen MR) is 246 cm³/mol. The van der Waals surface area contributed by atoms with Gasteiger partial charge in [0, 0.05) is 27.9 Å². The number of hydrogen-bond donors (Lipinski definition) is 7. The van der Waals surface area contributed by atoms with Crippen LogP contribution in [0.2, 0.25) is 5.28 Å². The van der Waals surface area contributed by atoms with E-state index in [4.69, 9.17) is 45.9 Å². The van der Waals surface area contributed by atoms with Gasteiger partial charge in [0.25, 0.3) is 0 Å². The normalized spacial score (nSPS) is 12.2. The largest absolute Gasteiger partial charge is 0.505 e. The van der Waals surface area contributed by atoms with Crippen molar-refractivity contribution in [2.24, 2.45) is 20.5 Å². The van der Waals surface area contributed by atoms with Gasteiger partial charge in [0.2, 0.25) is 17.2 Å². The smallest absolute Gasteiger partial charge is 0.397 e. The highest BCUT2D eigenvalue weighted by molar-refractivity contribution is 7.95. The van der Waals surface area contributed by atoms with E-state index in [1.165, 1.54) is 59.5 Å².